The van der Waals surface area contributed by atoms with Crippen LogP contribution in [-0.2, 0) is 0 Å². The number of nitrogens with zero attached hydrogens (tertiary/aromatic N) is 1. The Morgan fingerprint density at radius 2 is 2.33 bits per heavy atom. The molecule has 0 saturated heterocycles. The summed E-state index contributed by atoms with van der Waals surface area (Å²) < 4.78 is 1.01. The Balaban J connectivity index is 2.73. The third-order valence-electron chi connectivity index (χ3n) is 2.32. The van der Waals surface area contributed by atoms with Crippen molar-refractivity contribution in [3.63, 3.8) is 0 Å². The quantitative estimate of drug-likeness (QED) is 0.907. The van der Waals surface area contributed by atoms with Crippen molar-refractivity contribution in [1.82, 2.24) is 10.3 Å². The van der Waals surface area contributed by atoms with Crippen LogP contribution in [0.25, 0.3) is 6.08 Å². The third-order valence-corrected chi connectivity index (χ3v) is 2.79. The van der Waals surface area contributed by atoms with Gasteiger partial charge in [-0.05, 0) is 54.5 Å². The fourth-order valence-corrected chi connectivity index (χ4v) is 1.53. The van der Waals surface area contributed by atoms with E-state index in [1.807, 2.05) is 18.3 Å². The summed E-state index contributed by atoms with van der Waals surface area (Å²) >= 11 is 3.37. The van der Waals surface area contributed by atoms with Gasteiger partial charge in [0, 0.05) is 16.7 Å². The zero-order valence-electron chi connectivity index (χ0n) is 9.42. The Bertz CT molecular complexity index is 330. The van der Waals surface area contributed by atoms with Crippen LogP contribution in [0.1, 0.15) is 26.5 Å². The van der Waals surface area contributed by atoms with Crippen LogP contribution in [0.5, 0.6) is 0 Å². The van der Waals surface area contributed by atoms with Gasteiger partial charge in [-0.2, -0.15) is 0 Å². The molecule has 0 spiro atoms. The smallest absolute Gasteiger partial charge is 0.0630 e. The molecule has 2 nitrogen and oxygen atoms in total. The summed E-state index contributed by atoms with van der Waals surface area (Å²) in [5, 5.41) is 3.37. The topological polar surface area (TPSA) is 24.9 Å². The number of hydrogen-bond donors (Lipinski definition) is 1. The second-order valence-electron chi connectivity index (χ2n) is 3.57. The highest BCUT2D eigenvalue weighted by Crippen LogP contribution is 2.11. The van der Waals surface area contributed by atoms with Gasteiger partial charge < -0.3 is 5.32 Å². The van der Waals surface area contributed by atoms with E-state index in [2.05, 4.69) is 53.1 Å². The molecular formula is C12H17BrN2. The predicted octanol–water partition coefficient (Wildman–Crippen LogP) is 3.25. The fraction of sp³-hybridized carbons (Fsp3) is 0.417. The van der Waals surface area contributed by atoms with E-state index in [0.29, 0.717) is 6.04 Å². The molecule has 1 unspecified atom stereocenters. The minimum atomic E-state index is 0.403. The molecular weight excluding hydrogens is 252 g/mol. The largest absolute Gasteiger partial charge is 0.311 e. The monoisotopic (exact) mass is 268 g/mol. The molecule has 0 bridgehead atoms. The summed E-state index contributed by atoms with van der Waals surface area (Å²) in [6.45, 7) is 7.38. The Hall–Kier alpha value is -0.670. The minimum absolute atomic E-state index is 0.403. The number of likely N-dealkylation sites (N-methyl/N-ethyl adjacent to an activating group) is 1. The first-order valence-electron chi connectivity index (χ1n) is 5.16. The molecule has 0 fully saturated rings. The van der Waals surface area contributed by atoms with Crippen molar-refractivity contribution in [2.75, 3.05) is 6.54 Å². The van der Waals surface area contributed by atoms with Gasteiger partial charge in [-0.1, -0.05) is 12.5 Å². The van der Waals surface area contributed by atoms with Crippen LogP contribution in [0.2, 0.25) is 0 Å². The van der Waals surface area contributed by atoms with Crippen LogP contribution in [0, 0.1) is 0 Å². The van der Waals surface area contributed by atoms with Crippen molar-refractivity contribution in [3.05, 3.63) is 34.1 Å². The summed E-state index contributed by atoms with van der Waals surface area (Å²) in [7, 11) is 0. The summed E-state index contributed by atoms with van der Waals surface area (Å²) in [4.78, 5) is 4.31. The molecule has 0 saturated carbocycles. The lowest BCUT2D eigenvalue weighted by Gasteiger charge is -2.12. The Morgan fingerprint density at radius 3 is 2.87 bits per heavy atom. The van der Waals surface area contributed by atoms with Gasteiger partial charge in [0.15, 0.2) is 0 Å². The first-order chi connectivity index (χ1) is 7.13. The highest BCUT2D eigenvalue weighted by molar-refractivity contribution is 9.10. The summed E-state index contributed by atoms with van der Waals surface area (Å²) in [5.74, 6) is 0. The fourth-order valence-electron chi connectivity index (χ4n) is 1.30. The molecule has 1 aromatic heterocycles. The van der Waals surface area contributed by atoms with Crippen molar-refractivity contribution in [2.45, 2.75) is 26.8 Å². The summed E-state index contributed by atoms with van der Waals surface area (Å²) in [6.07, 6.45) is 3.93. The molecule has 0 aliphatic carbocycles. The lowest BCUT2D eigenvalue weighted by atomic mass is 10.1. The maximum Gasteiger partial charge on any atom is 0.0630 e. The van der Waals surface area contributed by atoms with Crippen molar-refractivity contribution >= 4 is 22.0 Å². The van der Waals surface area contributed by atoms with Gasteiger partial charge in [0.2, 0.25) is 0 Å². The van der Waals surface area contributed by atoms with E-state index in [0.717, 1.165) is 16.7 Å². The third kappa shape index (κ3) is 4.14. The molecule has 15 heavy (non-hydrogen) atoms. The number of halogens is 1. The molecule has 1 rings (SSSR count). The predicted molar refractivity (Wildman–Crippen MR) is 68.7 cm³/mol. The van der Waals surface area contributed by atoms with Gasteiger partial charge in [-0.3, -0.25) is 4.98 Å². The Kier molecular flexibility index (Phi) is 4.99. The molecule has 1 N–H and O–H groups in total. The number of rotatable bonds is 4. The number of hydrogen-bond acceptors (Lipinski definition) is 2. The maximum absolute atomic E-state index is 4.31. The number of pyridine rings is 1. The van der Waals surface area contributed by atoms with Crippen LogP contribution < -0.4 is 5.32 Å². The molecule has 1 heterocycles. The Labute approximate surface area is 99.9 Å². The van der Waals surface area contributed by atoms with Crippen molar-refractivity contribution in [3.8, 4) is 0 Å². The normalized spacial score (nSPS) is 14.0. The molecule has 0 amide bonds. The molecule has 1 atom stereocenters. The molecule has 0 aliphatic rings. The second kappa shape index (κ2) is 6.03. The van der Waals surface area contributed by atoms with E-state index in [9.17, 15) is 0 Å². The Morgan fingerprint density at radius 1 is 1.60 bits per heavy atom. The van der Waals surface area contributed by atoms with Crippen molar-refractivity contribution < 1.29 is 0 Å². The van der Waals surface area contributed by atoms with Gasteiger partial charge >= 0.3 is 0 Å². The standard InChI is InChI=1S/C12H17BrN2/c1-4-14-10(3)9(2)7-12-6-5-11(13)8-15-12/h5-8,10,14H,4H2,1-3H3/b9-7+. The van der Waals surface area contributed by atoms with Crippen molar-refractivity contribution in [1.29, 1.82) is 0 Å². The van der Waals surface area contributed by atoms with Crippen LogP contribution in [-0.4, -0.2) is 17.6 Å². The first-order valence-corrected chi connectivity index (χ1v) is 5.96. The van der Waals surface area contributed by atoms with E-state index in [-0.39, 0.29) is 0 Å². The van der Waals surface area contributed by atoms with Crippen LogP contribution >= 0.6 is 15.9 Å². The lowest BCUT2D eigenvalue weighted by molar-refractivity contribution is 0.636. The molecule has 3 heteroatoms. The number of aromatic nitrogens is 1. The maximum atomic E-state index is 4.31. The van der Waals surface area contributed by atoms with Crippen LogP contribution in [0.15, 0.2) is 28.4 Å². The second-order valence-corrected chi connectivity index (χ2v) is 4.48. The average molecular weight is 269 g/mol. The molecule has 82 valence electrons. The van der Waals surface area contributed by atoms with Crippen molar-refractivity contribution in [2.24, 2.45) is 0 Å². The van der Waals surface area contributed by atoms with Crippen LogP contribution in [0.4, 0.5) is 0 Å². The zero-order valence-corrected chi connectivity index (χ0v) is 11.0. The highest BCUT2D eigenvalue weighted by Gasteiger charge is 2.01. The van der Waals surface area contributed by atoms with E-state index in [1.54, 1.807) is 0 Å². The van der Waals surface area contributed by atoms with E-state index in [1.165, 1.54) is 5.57 Å². The van der Waals surface area contributed by atoms with Gasteiger partial charge in [0.25, 0.3) is 0 Å². The molecule has 1 aromatic rings. The molecule has 0 radical (unpaired) electrons. The van der Waals surface area contributed by atoms with Crippen LogP contribution in [0.3, 0.4) is 0 Å². The summed E-state index contributed by atoms with van der Waals surface area (Å²) in [5.41, 5.74) is 2.30. The molecule has 0 aliphatic heterocycles. The van der Waals surface area contributed by atoms with Gasteiger partial charge in [-0.15, -0.1) is 0 Å². The highest BCUT2D eigenvalue weighted by atomic mass is 79.9. The average Bonchev–Trinajstić information content (AvgIpc) is 2.22. The number of nitrogens with one attached hydrogen (secondary N) is 1. The van der Waals surface area contributed by atoms with Gasteiger partial charge in [-0.25, -0.2) is 0 Å². The zero-order chi connectivity index (χ0) is 11.3. The molecule has 0 aromatic carbocycles. The lowest BCUT2D eigenvalue weighted by Crippen LogP contribution is -2.26. The van der Waals surface area contributed by atoms with E-state index in [4.69, 9.17) is 0 Å². The van der Waals surface area contributed by atoms with E-state index >= 15 is 0 Å². The first kappa shape index (κ1) is 12.4. The minimum Gasteiger partial charge on any atom is -0.311 e. The van der Waals surface area contributed by atoms with Gasteiger partial charge in [0.1, 0.15) is 0 Å². The van der Waals surface area contributed by atoms with Gasteiger partial charge in [0.05, 0.1) is 5.69 Å². The SMILES string of the molecule is CCNC(C)/C(C)=C/c1ccc(Br)cn1. The summed E-state index contributed by atoms with van der Waals surface area (Å²) in [6, 6.07) is 4.41. The van der Waals surface area contributed by atoms with E-state index < -0.39 is 0 Å².